The van der Waals surface area contributed by atoms with Crippen molar-refractivity contribution in [3.8, 4) is 23.4 Å². The fourth-order valence-electron chi connectivity index (χ4n) is 4.14. The summed E-state index contributed by atoms with van der Waals surface area (Å²) in [6.07, 6.45) is 4.28. The summed E-state index contributed by atoms with van der Waals surface area (Å²) in [5, 5.41) is 7.95. The standard InChI is InChI=1S/C29H31N9O3/c1-29(2,3)41-28(40)38-24-8-6-20(17-21(24)18-33-38)5-7-22-9-11-30-26(34-22)23-10-12-31-27(35-23)32-19-25(39)37-15-13-36(4)14-16-37/h6,8-12,17-18H,13-16,19H2,1-4H3,(H,31,32,35). The van der Waals surface area contributed by atoms with Gasteiger partial charge in [0.15, 0.2) is 5.82 Å². The van der Waals surface area contributed by atoms with E-state index < -0.39 is 11.7 Å². The Balaban J connectivity index is 1.26. The molecule has 1 N–H and O–H groups in total. The number of fused-ring (bicyclic) bond motifs is 1. The van der Waals surface area contributed by atoms with E-state index in [0.29, 0.717) is 41.8 Å². The molecule has 0 radical (unpaired) electrons. The summed E-state index contributed by atoms with van der Waals surface area (Å²) >= 11 is 0. The van der Waals surface area contributed by atoms with Crippen molar-refractivity contribution in [2.24, 2.45) is 0 Å². The van der Waals surface area contributed by atoms with E-state index >= 15 is 0 Å². The molecule has 0 unspecified atom stereocenters. The molecule has 3 aromatic heterocycles. The number of hydrogen-bond donors (Lipinski definition) is 1. The van der Waals surface area contributed by atoms with Crippen LogP contribution in [0.2, 0.25) is 0 Å². The van der Waals surface area contributed by atoms with Crippen molar-refractivity contribution in [3.63, 3.8) is 0 Å². The Hall–Kier alpha value is -4.89. The molecule has 1 aliphatic heterocycles. The number of likely N-dealkylation sites (N-methyl/N-ethyl adjacent to an activating group) is 1. The van der Waals surface area contributed by atoms with Crippen molar-refractivity contribution in [2.75, 3.05) is 45.1 Å². The molecular weight excluding hydrogens is 522 g/mol. The first-order valence-corrected chi connectivity index (χ1v) is 13.2. The lowest BCUT2D eigenvalue weighted by molar-refractivity contribution is -0.130. The molecule has 0 saturated carbocycles. The van der Waals surface area contributed by atoms with Crippen LogP contribution in [0.3, 0.4) is 0 Å². The van der Waals surface area contributed by atoms with Crippen molar-refractivity contribution >= 4 is 28.9 Å². The Morgan fingerprint density at radius 1 is 1.00 bits per heavy atom. The quantitative estimate of drug-likeness (QED) is 0.376. The lowest BCUT2D eigenvalue weighted by atomic mass is 10.1. The minimum atomic E-state index is -0.620. The number of benzene rings is 1. The Bertz CT molecular complexity index is 1640. The largest absolute Gasteiger partial charge is 0.442 e. The Labute approximate surface area is 237 Å². The van der Waals surface area contributed by atoms with Gasteiger partial charge in [-0.25, -0.2) is 24.7 Å². The predicted octanol–water partition coefficient (Wildman–Crippen LogP) is 2.65. The van der Waals surface area contributed by atoms with Gasteiger partial charge in [-0.2, -0.15) is 9.78 Å². The molecule has 12 heteroatoms. The van der Waals surface area contributed by atoms with E-state index in [1.807, 2.05) is 44.9 Å². The third-order valence-corrected chi connectivity index (χ3v) is 6.26. The van der Waals surface area contributed by atoms with Gasteiger partial charge < -0.3 is 19.9 Å². The molecular formula is C29H31N9O3. The molecule has 1 saturated heterocycles. The van der Waals surface area contributed by atoms with Gasteiger partial charge in [0.05, 0.1) is 18.3 Å². The van der Waals surface area contributed by atoms with Crippen molar-refractivity contribution in [2.45, 2.75) is 26.4 Å². The van der Waals surface area contributed by atoms with E-state index in [2.05, 4.69) is 47.1 Å². The van der Waals surface area contributed by atoms with Crippen LogP contribution in [0, 0.1) is 11.8 Å². The molecule has 1 aromatic carbocycles. The maximum atomic E-state index is 12.5. The number of piperazine rings is 1. The lowest BCUT2D eigenvalue weighted by Crippen LogP contribution is -2.48. The SMILES string of the molecule is CN1CCN(C(=O)CNc2nccc(-c3nccc(C#Cc4ccc5c(cnn5C(=O)OC(C)(C)C)c4)n3)n2)CC1. The van der Waals surface area contributed by atoms with Crippen molar-refractivity contribution in [1.29, 1.82) is 0 Å². The first-order chi connectivity index (χ1) is 19.6. The second kappa shape index (κ2) is 11.7. The van der Waals surface area contributed by atoms with Crippen LogP contribution < -0.4 is 5.32 Å². The van der Waals surface area contributed by atoms with Gasteiger partial charge >= 0.3 is 6.09 Å². The molecule has 4 heterocycles. The zero-order chi connectivity index (χ0) is 29.0. The van der Waals surface area contributed by atoms with Gasteiger partial charge in [-0.3, -0.25) is 4.79 Å². The summed E-state index contributed by atoms with van der Waals surface area (Å²) in [5.41, 5.74) is 1.77. The van der Waals surface area contributed by atoms with Gasteiger partial charge in [0.25, 0.3) is 0 Å². The van der Waals surface area contributed by atoms with E-state index in [-0.39, 0.29) is 12.5 Å². The molecule has 41 heavy (non-hydrogen) atoms. The van der Waals surface area contributed by atoms with Crippen molar-refractivity contribution < 1.29 is 14.3 Å². The summed E-state index contributed by atoms with van der Waals surface area (Å²) in [6, 6.07) is 8.86. The molecule has 0 aliphatic carbocycles. The molecule has 12 nitrogen and oxygen atoms in total. The van der Waals surface area contributed by atoms with E-state index in [9.17, 15) is 9.59 Å². The highest BCUT2D eigenvalue weighted by atomic mass is 16.6. The number of nitrogens with zero attached hydrogens (tertiary/aromatic N) is 8. The molecule has 210 valence electrons. The van der Waals surface area contributed by atoms with Gasteiger partial charge in [-0.05, 0) is 64.1 Å². The van der Waals surface area contributed by atoms with Gasteiger partial charge in [0.2, 0.25) is 11.9 Å². The maximum Gasteiger partial charge on any atom is 0.435 e. The average molecular weight is 554 g/mol. The number of aromatic nitrogens is 6. The van der Waals surface area contributed by atoms with Crippen LogP contribution in [0.1, 0.15) is 32.0 Å². The number of ether oxygens (including phenoxy) is 1. The molecule has 1 fully saturated rings. The minimum absolute atomic E-state index is 0.0102. The van der Waals surface area contributed by atoms with Gasteiger partial charge in [-0.1, -0.05) is 5.92 Å². The monoisotopic (exact) mass is 553 g/mol. The maximum absolute atomic E-state index is 12.5. The number of anilines is 1. The third-order valence-electron chi connectivity index (χ3n) is 6.26. The summed E-state index contributed by atoms with van der Waals surface area (Å²) in [7, 11) is 2.05. The van der Waals surface area contributed by atoms with Gasteiger partial charge in [0, 0.05) is 49.5 Å². The zero-order valence-electron chi connectivity index (χ0n) is 23.5. The summed E-state index contributed by atoms with van der Waals surface area (Å²) in [6.45, 7) is 8.68. The van der Waals surface area contributed by atoms with Crippen LogP contribution in [0.5, 0.6) is 0 Å². The molecule has 0 atom stereocenters. The van der Waals surface area contributed by atoms with Crippen LogP contribution in [0.15, 0.2) is 48.9 Å². The minimum Gasteiger partial charge on any atom is -0.442 e. The number of carbonyl (C=O) groups excluding carboxylic acids is 2. The highest BCUT2D eigenvalue weighted by Crippen LogP contribution is 2.18. The molecule has 0 bridgehead atoms. The van der Waals surface area contributed by atoms with Crippen molar-refractivity contribution in [1.82, 2.24) is 39.5 Å². The number of carbonyl (C=O) groups is 2. The second-order valence-electron chi connectivity index (χ2n) is 10.6. The van der Waals surface area contributed by atoms with Crippen LogP contribution in [0.25, 0.3) is 22.4 Å². The molecule has 1 amide bonds. The Morgan fingerprint density at radius 2 is 1.78 bits per heavy atom. The summed E-state index contributed by atoms with van der Waals surface area (Å²) < 4.78 is 6.66. The molecule has 0 spiro atoms. The summed E-state index contributed by atoms with van der Waals surface area (Å²) in [4.78, 5) is 46.6. The number of nitrogens with one attached hydrogen (secondary N) is 1. The number of hydrogen-bond acceptors (Lipinski definition) is 10. The lowest BCUT2D eigenvalue weighted by Gasteiger charge is -2.32. The third kappa shape index (κ3) is 7.01. The fraction of sp³-hybridized carbons (Fsp3) is 0.345. The molecule has 5 rings (SSSR count). The first-order valence-electron chi connectivity index (χ1n) is 13.2. The topological polar surface area (TPSA) is 131 Å². The molecule has 1 aliphatic rings. The molecule has 4 aromatic rings. The smallest absolute Gasteiger partial charge is 0.435 e. The van der Waals surface area contributed by atoms with E-state index in [1.54, 1.807) is 36.8 Å². The number of rotatable bonds is 4. The summed E-state index contributed by atoms with van der Waals surface area (Å²) in [5.74, 6) is 6.89. The van der Waals surface area contributed by atoms with Gasteiger partial charge in [-0.15, -0.1) is 0 Å². The highest BCUT2D eigenvalue weighted by molar-refractivity contribution is 5.88. The predicted molar refractivity (Wildman–Crippen MR) is 153 cm³/mol. The zero-order valence-corrected chi connectivity index (χ0v) is 23.5. The van der Waals surface area contributed by atoms with E-state index in [0.717, 1.165) is 24.0 Å². The Kier molecular flexibility index (Phi) is 7.89. The number of amides is 1. The van der Waals surface area contributed by atoms with E-state index in [1.165, 1.54) is 4.68 Å². The first kappa shape index (κ1) is 27.7. The highest BCUT2D eigenvalue weighted by Gasteiger charge is 2.20. The van der Waals surface area contributed by atoms with Crippen LogP contribution in [-0.2, 0) is 9.53 Å². The fourth-order valence-corrected chi connectivity index (χ4v) is 4.14. The van der Waals surface area contributed by atoms with E-state index in [4.69, 9.17) is 4.74 Å². The Morgan fingerprint density at radius 3 is 2.56 bits per heavy atom. The normalized spacial score (nSPS) is 13.9. The van der Waals surface area contributed by atoms with Crippen molar-refractivity contribution in [3.05, 3.63) is 60.2 Å². The van der Waals surface area contributed by atoms with Crippen LogP contribution >= 0.6 is 0 Å². The second-order valence-corrected chi connectivity index (χ2v) is 10.6. The average Bonchev–Trinajstić information content (AvgIpc) is 3.38. The van der Waals surface area contributed by atoms with Crippen LogP contribution in [0.4, 0.5) is 10.7 Å². The van der Waals surface area contributed by atoms with Crippen LogP contribution in [-0.4, -0.2) is 96.9 Å². The van der Waals surface area contributed by atoms with Gasteiger partial charge in [0.1, 0.15) is 17.0 Å².